The first kappa shape index (κ1) is 24.3. The van der Waals surface area contributed by atoms with Gasteiger partial charge in [0.25, 0.3) is 5.91 Å². The molecule has 3 aromatic carbocycles. The number of anilines is 1. The van der Waals surface area contributed by atoms with E-state index in [4.69, 9.17) is 9.47 Å². The number of carbonyl (C=O) groups excluding carboxylic acids is 1. The minimum Gasteiger partial charge on any atom is -0.496 e. The molecule has 0 saturated carbocycles. The number of fused-ring (bicyclic) bond motifs is 1. The van der Waals surface area contributed by atoms with Gasteiger partial charge in [-0.05, 0) is 61.1 Å². The minimum atomic E-state index is -0.333. The van der Waals surface area contributed by atoms with E-state index in [0.717, 1.165) is 23.1 Å². The highest BCUT2D eigenvalue weighted by atomic mass is 16.5. The Labute approximate surface area is 207 Å². The van der Waals surface area contributed by atoms with Gasteiger partial charge < -0.3 is 14.4 Å². The lowest BCUT2D eigenvalue weighted by atomic mass is 9.80. The highest BCUT2D eigenvalue weighted by Gasteiger charge is 2.34. The number of rotatable bonds is 7. The maximum Gasteiger partial charge on any atom is 0.277 e. The lowest BCUT2D eigenvalue weighted by Gasteiger charge is -2.45. The van der Waals surface area contributed by atoms with Gasteiger partial charge in [-0.15, -0.1) is 0 Å². The molecule has 1 unspecified atom stereocenters. The molecule has 0 bridgehead atoms. The van der Waals surface area contributed by atoms with Gasteiger partial charge in [-0.3, -0.25) is 4.79 Å². The molecule has 0 fully saturated rings. The molecule has 1 heterocycles. The Hall–Kier alpha value is -3.80. The number of amides is 1. The van der Waals surface area contributed by atoms with Gasteiger partial charge >= 0.3 is 0 Å². The van der Waals surface area contributed by atoms with E-state index < -0.39 is 0 Å². The SMILES string of the molecule is COc1cc2c(cc1/C=N/NC(=O)COc1ccc(-c3ccccc3)cc1)C(C)CC(C)(C)N2C. The maximum atomic E-state index is 12.3. The first-order valence-electron chi connectivity index (χ1n) is 11.8. The lowest BCUT2D eigenvalue weighted by molar-refractivity contribution is -0.123. The van der Waals surface area contributed by atoms with Crippen LogP contribution >= 0.6 is 0 Å². The molecule has 1 aliphatic rings. The second-order valence-corrected chi connectivity index (χ2v) is 9.60. The summed E-state index contributed by atoms with van der Waals surface area (Å²) in [6.45, 7) is 6.62. The van der Waals surface area contributed by atoms with Gasteiger partial charge in [0, 0.05) is 29.9 Å². The van der Waals surface area contributed by atoms with E-state index in [1.54, 1.807) is 13.3 Å². The molecule has 6 nitrogen and oxygen atoms in total. The van der Waals surface area contributed by atoms with Gasteiger partial charge in [0.2, 0.25) is 0 Å². The van der Waals surface area contributed by atoms with Crippen molar-refractivity contribution in [3.63, 3.8) is 0 Å². The van der Waals surface area contributed by atoms with Gasteiger partial charge in [0.15, 0.2) is 6.61 Å². The molecule has 0 aromatic heterocycles. The van der Waals surface area contributed by atoms with E-state index >= 15 is 0 Å². The fourth-order valence-corrected chi connectivity index (χ4v) is 4.62. The van der Waals surface area contributed by atoms with Crippen LogP contribution in [0.15, 0.2) is 71.8 Å². The normalized spacial score (nSPS) is 16.6. The molecule has 1 N–H and O–H groups in total. The van der Waals surface area contributed by atoms with Crippen LogP contribution in [0.5, 0.6) is 11.5 Å². The van der Waals surface area contributed by atoms with Crippen LogP contribution in [0.2, 0.25) is 0 Å². The maximum absolute atomic E-state index is 12.3. The number of benzene rings is 3. The molecule has 0 spiro atoms. The third-order valence-corrected chi connectivity index (χ3v) is 6.71. The van der Waals surface area contributed by atoms with E-state index in [1.807, 2.05) is 42.5 Å². The van der Waals surface area contributed by atoms with Crippen LogP contribution in [-0.4, -0.2) is 38.4 Å². The quantitative estimate of drug-likeness (QED) is 0.359. The van der Waals surface area contributed by atoms with Crippen molar-refractivity contribution in [3.8, 4) is 22.6 Å². The van der Waals surface area contributed by atoms with Crippen molar-refractivity contribution in [1.29, 1.82) is 0 Å². The zero-order valence-electron chi connectivity index (χ0n) is 21.0. The zero-order valence-corrected chi connectivity index (χ0v) is 21.0. The third kappa shape index (κ3) is 5.48. The number of methoxy groups -OCH3 is 1. The Kier molecular flexibility index (Phi) is 7.10. The summed E-state index contributed by atoms with van der Waals surface area (Å²) in [7, 11) is 3.76. The second kappa shape index (κ2) is 10.2. The Bertz CT molecular complexity index is 1200. The number of hydrogen-bond donors (Lipinski definition) is 1. The smallest absolute Gasteiger partial charge is 0.277 e. The second-order valence-electron chi connectivity index (χ2n) is 9.60. The van der Waals surface area contributed by atoms with Crippen molar-refractivity contribution >= 4 is 17.8 Å². The number of hydrazone groups is 1. The number of hydrogen-bond acceptors (Lipinski definition) is 5. The summed E-state index contributed by atoms with van der Waals surface area (Å²) in [4.78, 5) is 14.6. The number of nitrogens with zero attached hydrogens (tertiary/aromatic N) is 2. The Morgan fingerprint density at radius 2 is 1.80 bits per heavy atom. The summed E-state index contributed by atoms with van der Waals surface area (Å²) in [5, 5.41) is 4.14. The predicted octanol–water partition coefficient (Wildman–Crippen LogP) is 5.61. The molecular formula is C29H33N3O3. The molecule has 0 saturated heterocycles. The highest BCUT2D eigenvalue weighted by molar-refractivity contribution is 5.87. The van der Waals surface area contributed by atoms with Gasteiger partial charge in [-0.25, -0.2) is 5.43 Å². The zero-order chi connectivity index (χ0) is 25.0. The Balaban J connectivity index is 1.37. The summed E-state index contributed by atoms with van der Waals surface area (Å²) < 4.78 is 11.2. The van der Waals surface area contributed by atoms with Gasteiger partial charge in [-0.1, -0.05) is 49.4 Å². The van der Waals surface area contributed by atoms with Crippen LogP contribution in [0.1, 0.15) is 44.2 Å². The average Bonchev–Trinajstić information content (AvgIpc) is 2.86. The summed E-state index contributed by atoms with van der Waals surface area (Å²) >= 11 is 0. The summed E-state index contributed by atoms with van der Waals surface area (Å²) in [6, 6.07) is 21.9. The van der Waals surface area contributed by atoms with Crippen LogP contribution < -0.4 is 19.8 Å². The number of carbonyl (C=O) groups is 1. The van der Waals surface area contributed by atoms with E-state index in [1.165, 1.54) is 11.3 Å². The summed E-state index contributed by atoms with van der Waals surface area (Å²) in [6.07, 6.45) is 2.68. The van der Waals surface area contributed by atoms with Gasteiger partial charge in [0.05, 0.1) is 13.3 Å². The van der Waals surface area contributed by atoms with Crippen LogP contribution in [0.25, 0.3) is 11.1 Å². The average molecular weight is 472 g/mol. The summed E-state index contributed by atoms with van der Waals surface area (Å²) in [5.74, 6) is 1.42. The molecule has 0 aliphatic carbocycles. The molecule has 6 heteroatoms. The highest BCUT2D eigenvalue weighted by Crippen LogP contribution is 2.44. The van der Waals surface area contributed by atoms with E-state index in [0.29, 0.717) is 17.4 Å². The number of nitrogens with one attached hydrogen (secondary N) is 1. The Morgan fingerprint density at radius 3 is 2.49 bits per heavy atom. The molecule has 35 heavy (non-hydrogen) atoms. The molecule has 1 aliphatic heterocycles. The molecule has 1 atom stereocenters. The van der Waals surface area contributed by atoms with Crippen LogP contribution in [0.3, 0.4) is 0 Å². The van der Waals surface area contributed by atoms with Gasteiger partial charge in [0.1, 0.15) is 11.5 Å². The molecule has 182 valence electrons. The van der Waals surface area contributed by atoms with E-state index in [9.17, 15) is 4.79 Å². The van der Waals surface area contributed by atoms with E-state index in [2.05, 4.69) is 67.5 Å². The molecule has 1 amide bonds. The van der Waals surface area contributed by atoms with Crippen molar-refractivity contribution < 1.29 is 14.3 Å². The van der Waals surface area contributed by atoms with Crippen LogP contribution in [0.4, 0.5) is 5.69 Å². The Morgan fingerprint density at radius 1 is 1.11 bits per heavy atom. The summed E-state index contributed by atoms with van der Waals surface area (Å²) in [5.41, 5.74) is 8.08. The molecule has 0 radical (unpaired) electrons. The topological polar surface area (TPSA) is 63.2 Å². The largest absolute Gasteiger partial charge is 0.496 e. The van der Waals surface area contributed by atoms with E-state index in [-0.39, 0.29) is 18.1 Å². The molecule has 4 rings (SSSR count). The fraction of sp³-hybridized carbons (Fsp3) is 0.310. The molecular weight excluding hydrogens is 438 g/mol. The van der Waals surface area contributed by atoms with Crippen LogP contribution in [-0.2, 0) is 4.79 Å². The standard InChI is InChI=1S/C29H33N3O3/c1-20-17-29(2,3)32(4)26-16-27(34-5)23(15-25(20)26)18-30-31-28(33)19-35-24-13-11-22(12-14-24)21-9-7-6-8-10-21/h6-16,18,20H,17,19H2,1-5H3,(H,31,33)/b30-18+. The van der Waals surface area contributed by atoms with Crippen molar-refractivity contribution in [2.45, 2.75) is 38.6 Å². The molecule has 3 aromatic rings. The van der Waals surface area contributed by atoms with Crippen molar-refractivity contribution in [1.82, 2.24) is 5.43 Å². The fourth-order valence-electron chi connectivity index (χ4n) is 4.62. The predicted molar refractivity (Wildman–Crippen MR) is 142 cm³/mol. The van der Waals surface area contributed by atoms with Crippen molar-refractivity contribution in [2.75, 3.05) is 25.7 Å². The first-order valence-corrected chi connectivity index (χ1v) is 11.8. The van der Waals surface area contributed by atoms with Crippen molar-refractivity contribution in [3.05, 3.63) is 77.9 Å². The van der Waals surface area contributed by atoms with Crippen LogP contribution in [0, 0.1) is 0 Å². The van der Waals surface area contributed by atoms with Crippen molar-refractivity contribution in [2.24, 2.45) is 5.10 Å². The first-order chi connectivity index (χ1) is 16.8. The third-order valence-electron chi connectivity index (χ3n) is 6.71. The monoisotopic (exact) mass is 471 g/mol. The lowest BCUT2D eigenvalue weighted by Crippen LogP contribution is -2.45. The minimum absolute atomic E-state index is 0.0723. The van der Waals surface area contributed by atoms with Gasteiger partial charge in [-0.2, -0.15) is 5.10 Å². The number of ether oxygens (including phenoxy) is 2.